The molecule has 0 spiro atoms. The van der Waals surface area contributed by atoms with Crippen molar-refractivity contribution in [3.05, 3.63) is 48.0 Å². The molecule has 0 atom stereocenters. The third-order valence-corrected chi connectivity index (χ3v) is 4.08. The minimum absolute atomic E-state index is 0.126. The van der Waals surface area contributed by atoms with Crippen LogP contribution in [0.5, 0.6) is 5.75 Å². The van der Waals surface area contributed by atoms with Crippen molar-refractivity contribution in [1.29, 1.82) is 0 Å². The van der Waals surface area contributed by atoms with Crippen LogP contribution in [0.1, 0.15) is 5.56 Å². The Bertz CT molecular complexity index is 707. The number of ether oxygens (including phenoxy) is 1. The molecule has 0 aliphatic heterocycles. The van der Waals surface area contributed by atoms with Crippen LogP contribution in [-0.2, 0) is 10.0 Å². The van der Waals surface area contributed by atoms with Gasteiger partial charge in [0.2, 0.25) is 0 Å². The van der Waals surface area contributed by atoms with E-state index in [9.17, 15) is 8.42 Å². The van der Waals surface area contributed by atoms with E-state index < -0.39 is 10.0 Å². The number of nitrogens with two attached hydrogens (primary N) is 1. The van der Waals surface area contributed by atoms with Gasteiger partial charge in [-0.1, -0.05) is 12.1 Å². The second-order valence-corrected chi connectivity index (χ2v) is 6.07. The molecule has 2 aromatic carbocycles. The van der Waals surface area contributed by atoms with Gasteiger partial charge in [-0.25, -0.2) is 8.42 Å². The van der Waals surface area contributed by atoms with Gasteiger partial charge >= 0.3 is 0 Å². The minimum atomic E-state index is -3.70. The number of benzene rings is 2. The summed E-state index contributed by atoms with van der Waals surface area (Å²) in [6.07, 6.45) is 0. The maximum Gasteiger partial charge on any atom is 0.262 e. The Morgan fingerprint density at radius 1 is 1.15 bits per heavy atom. The fourth-order valence-corrected chi connectivity index (χ4v) is 3.07. The summed E-state index contributed by atoms with van der Waals surface area (Å²) in [5, 5.41) is 0. The van der Waals surface area contributed by atoms with Crippen molar-refractivity contribution in [3.63, 3.8) is 0 Å². The van der Waals surface area contributed by atoms with Crippen LogP contribution >= 0.6 is 0 Å². The number of rotatable bonds is 4. The number of nitrogen functional groups attached to an aromatic ring is 1. The average Bonchev–Trinajstić information content (AvgIpc) is 2.38. The van der Waals surface area contributed by atoms with Gasteiger partial charge in [0.15, 0.2) is 0 Å². The molecular weight excluding hydrogens is 276 g/mol. The quantitative estimate of drug-likeness (QED) is 0.848. The molecule has 20 heavy (non-hydrogen) atoms. The van der Waals surface area contributed by atoms with Crippen LogP contribution in [0.4, 0.5) is 11.4 Å². The summed E-state index contributed by atoms with van der Waals surface area (Å²) in [5.41, 5.74) is 7.26. The third-order valence-electron chi connectivity index (χ3n) is 2.73. The van der Waals surface area contributed by atoms with E-state index in [-0.39, 0.29) is 4.90 Å². The van der Waals surface area contributed by atoms with Gasteiger partial charge in [0.05, 0.1) is 17.7 Å². The Morgan fingerprint density at radius 3 is 2.50 bits per heavy atom. The molecule has 0 saturated carbocycles. The molecular formula is C14H16N2O3S. The van der Waals surface area contributed by atoms with Crippen molar-refractivity contribution in [2.75, 3.05) is 17.6 Å². The van der Waals surface area contributed by atoms with Gasteiger partial charge in [-0.2, -0.15) is 0 Å². The molecule has 0 heterocycles. The first-order valence-corrected chi connectivity index (χ1v) is 7.44. The fourth-order valence-electron chi connectivity index (χ4n) is 1.86. The molecule has 2 rings (SSSR count). The number of methoxy groups -OCH3 is 1. The van der Waals surface area contributed by atoms with Gasteiger partial charge in [-0.15, -0.1) is 0 Å². The first-order chi connectivity index (χ1) is 9.42. The highest BCUT2D eigenvalue weighted by molar-refractivity contribution is 7.92. The lowest BCUT2D eigenvalue weighted by atomic mass is 10.2. The first-order valence-electron chi connectivity index (χ1n) is 5.95. The van der Waals surface area contributed by atoms with E-state index in [2.05, 4.69) is 4.72 Å². The lowest BCUT2D eigenvalue weighted by Crippen LogP contribution is -2.14. The van der Waals surface area contributed by atoms with Crippen molar-refractivity contribution >= 4 is 21.4 Å². The molecule has 0 aromatic heterocycles. The van der Waals surface area contributed by atoms with Crippen LogP contribution in [-0.4, -0.2) is 15.5 Å². The van der Waals surface area contributed by atoms with E-state index in [1.54, 1.807) is 43.3 Å². The topological polar surface area (TPSA) is 81.4 Å². The predicted octanol–water partition coefficient (Wildman–Crippen LogP) is 2.39. The number of sulfonamides is 1. The zero-order valence-corrected chi connectivity index (χ0v) is 12.1. The zero-order chi connectivity index (χ0) is 14.8. The summed E-state index contributed by atoms with van der Waals surface area (Å²) in [5.74, 6) is 0.455. The number of hydrogen-bond acceptors (Lipinski definition) is 4. The van der Waals surface area contributed by atoms with E-state index in [0.717, 1.165) is 5.56 Å². The standard InChI is InChI=1S/C14H16N2O3S/c1-10-7-11(15)9-12(8-10)20(17,18)16-13-5-3-4-6-14(13)19-2/h3-9,16H,15H2,1-2H3. The van der Waals surface area contributed by atoms with Gasteiger partial charge in [0, 0.05) is 5.69 Å². The second kappa shape index (κ2) is 5.42. The number of aryl methyl sites for hydroxylation is 1. The summed E-state index contributed by atoms with van der Waals surface area (Å²) in [4.78, 5) is 0.126. The van der Waals surface area contributed by atoms with Crippen molar-refractivity contribution in [3.8, 4) is 5.75 Å². The lowest BCUT2D eigenvalue weighted by molar-refractivity contribution is 0.417. The van der Waals surface area contributed by atoms with E-state index >= 15 is 0 Å². The zero-order valence-electron chi connectivity index (χ0n) is 11.3. The molecule has 0 radical (unpaired) electrons. The number of anilines is 2. The predicted molar refractivity (Wildman–Crippen MR) is 79.4 cm³/mol. The van der Waals surface area contributed by atoms with Gasteiger partial charge in [-0.3, -0.25) is 4.72 Å². The maximum absolute atomic E-state index is 12.4. The molecule has 3 N–H and O–H groups in total. The van der Waals surface area contributed by atoms with E-state index in [1.807, 2.05) is 0 Å². The Morgan fingerprint density at radius 2 is 1.85 bits per heavy atom. The number of hydrogen-bond donors (Lipinski definition) is 2. The van der Waals surface area contributed by atoms with Crippen LogP contribution in [0.2, 0.25) is 0 Å². The summed E-state index contributed by atoms with van der Waals surface area (Å²) in [6, 6.07) is 11.5. The van der Waals surface area contributed by atoms with Crippen LogP contribution in [0.3, 0.4) is 0 Å². The molecule has 6 heteroatoms. The van der Waals surface area contributed by atoms with Crippen molar-refractivity contribution in [2.45, 2.75) is 11.8 Å². The first kappa shape index (κ1) is 14.2. The molecule has 0 aliphatic rings. The fraction of sp³-hybridized carbons (Fsp3) is 0.143. The third kappa shape index (κ3) is 3.03. The van der Waals surface area contributed by atoms with Crippen molar-refractivity contribution in [2.24, 2.45) is 0 Å². The Hall–Kier alpha value is -2.21. The normalized spacial score (nSPS) is 11.1. The largest absolute Gasteiger partial charge is 0.495 e. The van der Waals surface area contributed by atoms with Crippen LogP contribution in [0.25, 0.3) is 0 Å². The van der Waals surface area contributed by atoms with E-state index in [1.165, 1.54) is 13.2 Å². The molecule has 0 unspecified atom stereocenters. The smallest absolute Gasteiger partial charge is 0.262 e. The molecule has 0 amide bonds. The van der Waals surface area contributed by atoms with E-state index in [4.69, 9.17) is 10.5 Å². The minimum Gasteiger partial charge on any atom is -0.495 e. The van der Waals surface area contributed by atoms with E-state index in [0.29, 0.717) is 17.1 Å². The van der Waals surface area contributed by atoms with Gasteiger partial charge in [0.25, 0.3) is 10.0 Å². The summed E-state index contributed by atoms with van der Waals surface area (Å²) in [7, 11) is -2.22. The Labute approximate surface area is 118 Å². The summed E-state index contributed by atoms with van der Waals surface area (Å²) in [6.45, 7) is 1.79. The summed E-state index contributed by atoms with van der Waals surface area (Å²) >= 11 is 0. The van der Waals surface area contributed by atoms with Crippen molar-refractivity contribution in [1.82, 2.24) is 0 Å². The molecule has 0 bridgehead atoms. The lowest BCUT2D eigenvalue weighted by Gasteiger charge is -2.12. The highest BCUT2D eigenvalue weighted by atomic mass is 32.2. The summed E-state index contributed by atoms with van der Waals surface area (Å²) < 4.78 is 32.3. The molecule has 0 saturated heterocycles. The maximum atomic E-state index is 12.4. The Balaban J connectivity index is 2.41. The number of nitrogens with one attached hydrogen (secondary N) is 1. The molecule has 0 aliphatic carbocycles. The highest BCUT2D eigenvalue weighted by Gasteiger charge is 2.17. The highest BCUT2D eigenvalue weighted by Crippen LogP contribution is 2.26. The average molecular weight is 292 g/mol. The molecule has 5 nitrogen and oxygen atoms in total. The SMILES string of the molecule is COc1ccccc1NS(=O)(=O)c1cc(C)cc(N)c1. The molecule has 2 aromatic rings. The second-order valence-electron chi connectivity index (χ2n) is 4.39. The van der Waals surface area contributed by atoms with Gasteiger partial charge < -0.3 is 10.5 Å². The van der Waals surface area contributed by atoms with Crippen molar-refractivity contribution < 1.29 is 13.2 Å². The van der Waals surface area contributed by atoms with Gasteiger partial charge in [0.1, 0.15) is 5.75 Å². The number of para-hydroxylation sites is 2. The Kier molecular flexibility index (Phi) is 3.85. The van der Waals surface area contributed by atoms with Crippen LogP contribution < -0.4 is 15.2 Å². The monoisotopic (exact) mass is 292 g/mol. The molecule has 106 valence electrons. The van der Waals surface area contributed by atoms with Gasteiger partial charge in [-0.05, 0) is 42.8 Å². The van der Waals surface area contributed by atoms with Crippen LogP contribution in [0.15, 0.2) is 47.4 Å². The molecule has 0 fully saturated rings. The van der Waals surface area contributed by atoms with Crippen LogP contribution in [0, 0.1) is 6.92 Å².